The number of hydrogen-bond donors (Lipinski definition) is 0. The van der Waals surface area contributed by atoms with E-state index in [1.54, 1.807) is 14.2 Å². The maximum Gasteiger partial charge on any atom is 0.126 e. The summed E-state index contributed by atoms with van der Waals surface area (Å²) in [5.74, 6) is 1.64. The van der Waals surface area contributed by atoms with Gasteiger partial charge in [0, 0.05) is 63.8 Å². The van der Waals surface area contributed by atoms with Gasteiger partial charge in [-0.15, -0.1) is 0 Å². The van der Waals surface area contributed by atoms with E-state index in [9.17, 15) is 0 Å². The summed E-state index contributed by atoms with van der Waals surface area (Å²) < 4.78 is 16.4. The number of nitrogens with zero attached hydrogens (tertiary/aromatic N) is 2. The third kappa shape index (κ3) is 3.51. The number of ether oxygens (including phenoxy) is 2. The van der Waals surface area contributed by atoms with E-state index in [-0.39, 0.29) is 5.92 Å². The van der Waals surface area contributed by atoms with Crippen molar-refractivity contribution >= 4 is 21.8 Å². The molecule has 4 heteroatoms. The molecule has 5 rings (SSSR count). The third-order valence-electron chi connectivity index (χ3n) is 7.52. The minimum Gasteiger partial charge on any atom is -0.497 e. The largest absolute Gasteiger partial charge is 0.497 e. The van der Waals surface area contributed by atoms with Gasteiger partial charge in [0.25, 0.3) is 0 Å². The van der Waals surface area contributed by atoms with Crippen LogP contribution in [0.15, 0.2) is 66.7 Å². The second kappa shape index (κ2) is 9.18. The highest BCUT2D eigenvalue weighted by Crippen LogP contribution is 2.47. The van der Waals surface area contributed by atoms with Crippen LogP contribution in [0.25, 0.3) is 21.8 Å². The molecule has 35 heavy (non-hydrogen) atoms. The van der Waals surface area contributed by atoms with Crippen molar-refractivity contribution in [1.29, 1.82) is 0 Å². The molecular formula is C31H34N2O2. The zero-order chi connectivity index (χ0) is 24.7. The summed E-state index contributed by atoms with van der Waals surface area (Å²) >= 11 is 0. The molecule has 0 amide bonds. The molecule has 0 N–H and O–H groups in total. The first-order valence-electron chi connectivity index (χ1n) is 12.4. The third-order valence-corrected chi connectivity index (χ3v) is 7.52. The van der Waals surface area contributed by atoms with Gasteiger partial charge in [-0.1, -0.05) is 42.5 Å². The lowest BCUT2D eigenvalue weighted by Gasteiger charge is -2.23. The number of methoxy groups -OCH3 is 2. The van der Waals surface area contributed by atoms with Gasteiger partial charge < -0.3 is 18.6 Å². The fourth-order valence-electron chi connectivity index (χ4n) is 5.97. The second-order valence-electron chi connectivity index (χ2n) is 9.06. The molecule has 0 aliphatic carbocycles. The van der Waals surface area contributed by atoms with Crippen LogP contribution in [-0.4, -0.2) is 23.4 Å². The summed E-state index contributed by atoms with van der Waals surface area (Å²) in [6.45, 7) is 10.8. The standard InChI is InChI=1S/C31H34N2O2/c1-7-32-20(3)29(23-13-9-11-15-26(23)32)31(25-18-17-22(34-5)19-28(25)35-6)30-21(4)33(8-2)27-16-12-10-14-24(27)30/h9-19,31H,7-8H2,1-6H3. The molecule has 180 valence electrons. The van der Waals surface area contributed by atoms with Gasteiger partial charge in [0.15, 0.2) is 0 Å². The highest BCUT2D eigenvalue weighted by atomic mass is 16.5. The zero-order valence-corrected chi connectivity index (χ0v) is 21.6. The number of aryl methyl sites for hydroxylation is 2. The van der Waals surface area contributed by atoms with E-state index in [0.717, 1.165) is 30.2 Å². The number of benzene rings is 3. The molecule has 3 aromatic carbocycles. The molecule has 0 aliphatic rings. The van der Waals surface area contributed by atoms with Crippen LogP contribution in [0.5, 0.6) is 11.5 Å². The van der Waals surface area contributed by atoms with E-state index in [2.05, 4.69) is 91.4 Å². The maximum absolute atomic E-state index is 5.99. The number of hydrogen-bond acceptors (Lipinski definition) is 2. The zero-order valence-electron chi connectivity index (χ0n) is 21.6. The maximum atomic E-state index is 5.99. The first-order valence-corrected chi connectivity index (χ1v) is 12.4. The molecule has 0 unspecified atom stereocenters. The molecular weight excluding hydrogens is 432 g/mol. The Morgan fingerprint density at radius 1 is 0.686 bits per heavy atom. The number of para-hydroxylation sites is 2. The van der Waals surface area contributed by atoms with E-state index in [4.69, 9.17) is 9.47 Å². The second-order valence-corrected chi connectivity index (χ2v) is 9.06. The topological polar surface area (TPSA) is 28.3 Å². The normalized spacial score (nSPS) is 11.6. The lowest BCUT2D eigenvalue weighted by atomic mass is 9.81. The van der Waals surface area contributed by atoms with Crippen LogP contribution in [0.1, 0.15) is 47.8 Å². The van der Waals surface area contributed by atoms with Crippen molar-refractivity contribution in [2.45, 2.75) is 46.7 Å². The first kappa shape index (κ1) is 23.1. The van der Waals surface area contributed by atoms with Crippen LogP contribution in [0.4, 0.5) is 0 Å². The van der Waals surface area contributed by atoms with Crippen LogP contribution in [0.2, 0.25) is 0 Å². The van der Waals surface area contributed by atoms with Crippen LogP contribution >= 0.6 is 0 Å². The van der Waals surface area contributed by atoms with Crippen molar-refractivity contribution in [3.63, 3.8) is 0 Å². The van der Waals surface area contributed by atoms with Gasteiger partial charge in [0.05, 0.1) is 14.2 Å². The van der Waals surface area contributed by atoms with E-state index in [0.29, 0.717) is 0 Å². The van der Waals surface area contributed by atoms with E-state index in [1.807, 2.05) is 12.1 Å². The van der Waals surface area contributed by atoms with Crippen molar-refractivity contribution in [2.75, 3.05) is 14.2 Å². The predicted octanol–water partition coefficient (Wildman–Crippen LogP) is 7.45. The van der Waals surface area contributed by atoms with Gasteiger partial charge in [-0.3, -0.25) is 0 Å². The number of fused-ring (bicyclic) bond motifs is 2. The van der Waals surface area contributed by atoms with Gasteiger partial charge in [-0.2, -0.15) is 0 Å². The Hall–Kier alpha value is -3.66. The molecule has 5 aromatic rings. The predicted molar refractivity (Wildman–Crippen MR) is 145 cm³/mol. The Morgan fingerprint density at radius 3 is 1.66 bits per heavy atom. The van der Waals surface area contributed by atoms with Gasteiger partial charge in [-0.05, 0) is 57.0 Å². The Bertz CT molecular complexity index is 1430. The van der Waals surface area contributed by atoms with Gasteiger partial charge >= 0.3 is 0 Å². The molecule has 0 radical (unpaired) electrons. The van der Waals surface area contributed by atoms with Crippen molar-refractivity contribution in [1.82, 2.24) is 9.13 Å². The Balaban J connectivity index is 1.94. The lowest BCUT2D eigenvalue weighted by molar-refractivity contribution is 0.390. The van der Waals surface area contributed by atoms with Gasteiger partial charge in [0.1, 0.15) is 11.5 Å². The number of rotatable bonds is 7. The summed E-state index contributed by atoms with van der Waals surface area (Å²) in [5.41, 5.74) is 8.97. The minimum atomic E-state index is 0.00579. The van der Waals surface area contributed by atoms with Crippen LogP contribution in [0.3, 0.4) is 0 Å². The molecule has 0 fully saturated rings. The number of aromatic nitrogens is 2. The minimum absolute atomic E-state index is 0.00579. The molecule has 0 bridgehead atoms. The average Bonchev–Trinajstić information content (AvgIpc) is 3.34. The molecule has 0 atom stereocenters. The smallest absolute Gasteiger partial charge is 0.126 e. The molecule has 2 heterocycles. The van der Waals surface area contributed by atoms with Crippen LogP contribution in [0, 0.1) is 13.8 Å². The monoisotopic (exact) mass is 466 g/mol. The highest BCUT2D eigenvalue weighted by molar-refractivity contribution is 5.92. The fourth-order valence-corrected chi connectivity index (χ4v) is 5.97. The Labute approximate surface area is 207 Å². The summed E-state index contributed by atoms with van der Waals surface area (Å²) in [7, 11) is 3.45. The molecule has 2 aromatic heterocycles. The van der Waals surface area contributed by atoms with Gasteiger partial charge in [-0.25, -0.2) is 0 Å². The van der Waals surface area contributed by atoms with E-state index >= 15 is 0 Å². The Kier molecular flexibility index (Phi) is 6.06. The summed E-state index contributed by atoms with van der Waals surface area (Å²) in [6.07, 6.45) is 0. The lowest BCUT2D eigenvalue weighted by Crippen LogP contribution is -2.10. The molecule has 0 aliphatic heterocycles. The fraction of sp³-hybridized carbons (Fsp3) is 0.290. The molecule has 0 saturated heterocycles. The van der Waals surface area contributed by atoms with Crippen molar-refractivity contribution in [3.05, 3.63) is 94.8 Å². The molecule has 4 nitrogen and oxygen atoms in total. The molecule has 0 spiro atoms. The first-order chi connectivity index (χ1) is 17.0. The summed E-state index contributed by atoms with van der Waals surface area (Å²) in [4.78, 5) is 0. The average molecular weight is 467 g/mol. The van der Waals surface area contributed by atoms with Crippen molar-refractivity contribution in [3.8, 4) is 11.5 Å². The van der Waals surface area contributed by atoms with Crippen LogP contribution in [-0.2, 0) is 13.1 Å². The SMILES string of the molecule is CCn1c(C)c(C(c2ccc(OC)cc2OC)c2c(C)n(CC)c3ccccc23)c2ccccc21. The summed E-state index contributed by atoms with van der Waals surface area (Å²) in [5, 5.41) is 2.59. The Morgan fingerprint density at radius 2 is 1.20 bits per heavy atom. The van der Waals surface area contributed by atoms with Gasteiger partial charge in [0.2, 0.25) is 0 Å². The quantitative estimate of drug-likeness (QED) is 0.249. The van der Waals surface area contributed by atoms with E-state index < -0.39 is 0 Å². The molecule has 0 saturated carbocycles. The highest BCUT2D eigenvalue weighted by Gasteiger charge is 2.31. The summed E-state index contributed by atoms with van der Waals surface area (Å²) in [6, 6.07) is 23.8. The van der Waals surface area contributed by atoms with E-state index in [1.165, 1.54) is 44.3 Å². The van der Waals surface area contributed by atoms with Crippen molar-refractivity contribution < 1.29 is 9.47 Å². The van der Waals surface area contributed by atoms with Crippen LogP contribution < -0.4 is 9.47 Å². The van der Waals surface area contributed by atoms with Crippen molar-refractivity contribution in [2.24, 2.45) is 0 Å².